The minimum Gasteiger partial charge on any atom is -0.539 e. The average Bonchev–Trinajstić information content (AvgIpc) is 3.31. The van der Waals surface area contributed by atoms with Crippen LogP contribution in [-0.4, -0.2) is 36.8 Å². The summed E-state index contributed by atoms with van der Waals surface area (Å²) in [6.45, 7) is 2.39. The smallest absolute Gasteiger partial charge is 0.253 e. The standard InChI is InChI=1S/C22H22N4O6/c1-3-31-17-10-4-14(5-11-17)25-20(27)12-18(21(25)28)23-13-19-22(29)32-24-26(19)15-6-8-16(30-2)9-7-15/h4-11,18,23H,3,12-13H2,1-2H3. The van der Waals surface area contributed by atoms with Crippen molar-refractivity contribution in [2.45, 2.75) is 25.9 Å². The lowest BCUT2D eigenvalue weighted by molar-refractivity contribution is -0.677. The van der Waals surface area contributed by atoms with Gasteiger partial charge in [-0.25, -0.2) is 4.90 Å². The van der Waals surface area contributed by atoms with Crippen molar-refractivity contribution in [1.29, 1.82) is 0 Å². The van der Waals surface area contributed by atoms with Crippen molar-refractivity contribution in [3.63, 3.8) is 0 Å². The molecule has 3 aromatic rings. The minimum absolute atomic E-state index is 0.00479. The first-order valence-electron chi connectivity index (χ1n) is 10.1. The lowest BCUT2D eigenvalue weighted by atomic mass is 10.2. The Morgan fingerprint density at radius 3 is 2.50 bits per heavy atom. The molecule has 0 spiro atoms. The Kier molecular flexibility index (Phi) is 6.04. The van der Waals surface area contributed by atoms with Crippen LogP contribution in [0.4, 0.5) is 5.69 Å². The van der Waals surface area contributed by atoms with E-state index >= 15 is 0 Å². The largest absolute Gasteiger partial charge is 0.539 e. The number of rotatable bonds is 8. The third-order valence-electron chi connectivity index (χ3n) is 5.08. The molecule has 0 aliphatic carbocycles. The molecule has 10 heteroatoms. The van der Waals surface area contributed by atoms with Crippen LogP contribution in [0.15, 0.2) is 53.1 Å². The van der Waals surface area contributed by atoms with Crippen LogP contribution in [0.3, 0.4) is 0 Å². The van der Waals surface area contributed by atoms with Gasteiger partial charge in [-0.2, -0.15) is 0 Å². The molecule has 1 aliphatic heterocycles. The van der Waals surface area contributed by atoms with E-state index in [0.717, 1.165) is 4.90 Å². The summed E-state index contributed by atoms with van der Waals surface area (Å²) in [6.07, 6.45) is -0.0198. The highest BCUT2D eigenvalue weighted by atomic mass is 16.6. The van der Waals surface area contributed by atoms with Gasteiger partial charge in [-0.3, -0.25) is 14.9 Å². The molecule has 0 bridgehead atoms. The van der Waals surface area contributed by atoms with Gasteiger partial charge in [0, 0.05) is 12.1 Å². The molecule has 1 aromatic heterocycles. The predicted molar refractivity (Wildman–Crippen MR) is 109 cm³/mol. The quantitative estimate of drug-likeness (QED) is 0.406. The number of carbonyl (C=O) groups excluding carboxylic acids is 2. The SMILES string of the molecule is CCOc1ccc(N2C(=O)CC(NCc3c([O-])on[n+]3-c3ccc(OC)cc3)C2=O)cc1. The summed E-state index contributed by atoms with van der Waals surface area (Å²) >= 11 is 0. The zero-order valence-corrected chi connectivity index (χ0v) is 17.6. The van der Waals surface area contributed by atoms with E-state index in [4.69, 9.17) is 14.0 Å². The van der Waals surface area contributed by atoms with Gasteiger partial charge in [-0.15, -0.1) is 0 Å². The maximum absolute atomic E-state index is 12.9. The first kappa shape index (κ1) is 21.3. The van der Waals surface area contributed by atoms with Crippen LogP contribution in [0.1, 0.15) is 19.0 Å². The molecule has 1 atom stereocenters. The molecular weight excluding hydrogens is 416 g/mol. The number of hydrogen-bond acceptors (Lipinski definition) is 8. The number of hydrogen-bond donors (Lipinski definition) is 1. The number of nitrogens with zero attached hydrogens (tertiary/aromatic N) is 3. The fourth-order valence-corrected chi connectivity index (χ4v) is 3.48. The molecule has 32 heavy (non-hydrogen) atoms. The molecule has 1 N–H and O–H groups in total. The highest BCUT2D eigenvalue weighted by Gasteiger charge is 2.40. The molecule has 10 nitrogen and oxygen atoms in total. The highest BCUT2D eigenvalue weighted by molar-refractivity contribution is 6.22. The van der Waals surface area contributed by atoms with Crippen molar-refractivity contribution in [2.24, 2.45) is 0 Å². The number of ether oxygens (including phenoxy) is 2. The molecule has 0 saturated carbocycles. The third-order valence-corrected chi connectivity index (χ3v) is 5.08. The molecule has 4 rings (SSSR count). The average molecular weight is 438 g/mol. The number of benzene rings is 2. The van der Waals surface area contributed by atoms with Crippen molar-refractivity contribution in [3.8, 4) is 23.1 Å². The zero-order valence-electron chi connectivity index (χ0n) is 17.6. The lowest BCUT2D eigenvalue weighted by Gasteiger charge is -2.15. The highest BCUT2D eigenvalue weighted by Crippen LogP contribution is 2.25. The monoisotopic (exact) mass is 438 g/mol. The Bertz CT molecular complexity index is 1110. The first-order valence-corrected chi connectivity index (χ1v) is 10.1. The Morgan fingerprint density at radius 1 is 1.16 bits per heavy atom. The van der Waals surface area contributed by atoms with E-state index < -0.39 is 12.0 Å². The van der Waals surface area contributed by atoms with E-state index in [1.807, 2.05) is 6.92 Å². The molecule has 2 aromatic carbocycles. The van der Waals surface area contributed by atoms with Crippen LogP contribution in [0, 0.1) is 0 Å². The van der Waals surface area contributed by atoms with E-state index in [0.29, 0.717) is 29.5 Å². The number of methoxy groups -OCH3 is 1. The van der Waals surface area contributed by atoms with Crippen molar-refractivity contribution < 1.29 is 33.4 Å². The molecule has 166 valence electrons. The molecule has 1 fully saturated rings. The van der Waals surface area contributed by atoms with Gasteiger partial charge in [0.15, 0.2) is 5.95 Å². The van der Waals surface area contributed by atoms with E-state index in [-0.39, 0.29) is 30.5 Å². The van der Waals surface area contributed by atoms with E-state index in [9.17, 15) is 14.7 Å². The van der Waals surface area contributed by atoms with E-state index in [1.54, 1.807) is 55.6 Å². The topological polar surface area (TPSA) is 121 Å². The minimum atomic E-state index is -0.771. The van der Waals surface area contributed by atoms with Crippen LogP contribution < -0.4 is 29.5 Å². The van der Waals surface area contributed by atoms with Crippen LogP contribution in [0.2, 0.25) is 0 Å². The second-order valence-electron chi connectivity index (χ2n) is 7.05. The van der Waals surface area contributed by atoms with Gasteiger partial charge in [-0.1, -0.05) is 0 Å². The molecule has 1 saturated heterocycles. The number of aromatic nitrogens is 2. The first-order chi connectivity index (χ1) is 15.5. The van der Waals surface area contributed by atoms with Crippen LogP contribution in [0.5, 0.6) is 17.4 Å². The molecular formula is C22H22N4O6. The van der Waals surface area contributed by atoms with Crippen LogP contribution in [-0.2, 0) is 16.1 Å². The van der Waals surface area contributed by atoms with Gasteiger partial charge in [0.2, 0.25) is 11.6 Å². The molecule has 0 radical (unpaired) electrons. The molecule has 2 heterocycles. The normalized spacial score (nSPS) is 15.9. The van der Waals surface area contributed by atoms with Gasteiger partial charge in [0.25, 0.3) is 11.6 Å². The summed E-state index contributed by atoms with van der Waals surface area (Å²) in [7, 11) is 1.56. The Morgan fingerprint density at radius 2 is 1.84 bits per heavy atom. The van der Waals surface area contributed by atoms with Crippen LogP contribution >= 0.6 is 0 Å². The third kappa shape index (κ3) is 4.12. The zero-order chi connectivity index (χ0) is 22.7. The van der Waals surface area contributed by atoms with E-state index in [2.05, 4.69) is 10.6 Å². The summed E-state index contributed by atoms with van der Waals surface area (Å²) in [5.41, 5.74) is 1.27. The fraction of sp³-hybridized carbons (Fsp3) is 0.273. The second-order valence-corrected chi connectivity index (χ2v) is 7.05. The molecule has 1 aliphatic rings. The Balaban J connectivity index is 1.47. The summed E-state index contributed by atoms with van der Waals surface area (Å²) in [5, 5.41) is 18.9. The molecule has 2 amide bonds. The summed E-state index contributed by atoms with van der Waals surface area (Å²) < 4.78 is 16.7. The molecule has 1 unspecified atom stereocenters. The number of nitrogens with one attached hydrogen (secondary N) is 1. The number of amides is 2. The van der Waals surface area contributed by atoms with Crippen LogP contribution in [0.25, 0.3) is 5.69 Å². The Hall–Kier alpha value is -3.92. The van der Waals surface area contributed by atoms with Crippen molar-refractivity contribution >= 4 is 17.5 Å². The van der Waals surface area contributed by atoms with Gasteiger partial charge in [0.05, 0.1) is 43.7 Å². The summed E-state index contributed by atoms with van der Waals surface area (Å²) in [5.74, 6) is -0.0345. The van der Waals surface area contributed by atoms with Crippen molar-refractivity contribution in [1.82, 2.24) is 10.6 Å². The number of carbonyl (C=O) groups is 2. The number of anilines is 1. The summed E-state index contributed by atoms with van der Waals surface area (Å²) in [6, 6.07) is 12.9. The fourth-order valence-electron chi connectivity index (χ4n) is 3.48. The number of imide groups is 1. The van der Waals surface area contributed by atoms with Crippen molar-refractivity contribution in [3.05, 3.63) is 54.2 Å². The van der Waals surface area contributed by atoms with Gasteiger partial charge < -0.3 is 19.1 Å². The van der Waals surface area contributed by atoms with Crippen molar-refractivity contribution in [2.75, 3.05) is 18.6 Å². The maximum atomic E-state index is 12.9. The van der Waals surface area contributed by atoms with E-state index in [1.165, 1.54) is 4.68 Å². The second kappa shape index (κ2) is 9.06. The van der Waals surface area contributed by atoms with Gasteiger partial charge in [-0.05, 0) is 48.0 Å². The lowest BCUT2D eigenvalue weighted by Crippen LogP contribution is -2.43. The summed E-state index contributed by atoms with van der Waals surface area (Å²) in [4.78, 5) is 26.5. The maximum Gasteiger partial charge on any atom is 0.253 e. The Labute approximate surface area is 183 Å². The van der Waals surface area contributed by atoms with Gasteiger partial charge in [0.1, 0.15) is 11.5 Å². The predicted octanol–water partition coefficient (Wildman–Crippen LogP) is 0.854. The van der Waals surface area contributed by atoms with Gasteiger partial charge >= 0.3 is 0 Å².